The fourth-order valence-electron chi connectivity index (χ4n) is 2.20. The Morgan fingerprint density at radius 1 is 1.00 bits per heavy atom. The zero-order valence-electron chi connectivity index (χ0n) is 12.7. The Morgan fingerprint density at radius 3 is 2.29 bits per heavy atom. The van der Waals surface area contributed by atoms with Crippen LogP contribution >= 0.6 is 0 Å². The van der Waals surface area contributed by atoms with E-state index in [0.717, 1.165) is 29.3 Å². The molecule has 0 bridgehead atoms. The standard InChI is InChI=1S/C17H22N2O2/c1-19(14-5-4-6-16(11-14)21-3)12-17(18)13-7-9-15(20-2)10-8-13/h4-11,17H,12,18H2,1-3H3. The predicted molar refractivity (Wildman–Crippen MR) is 86.2 cm³/mol. The second kappa shape index (κ2) is 6.99. The number of anilines is 1. The Morgan fingerprint density at radius 2 is 1.67 bits per heavy atom. The van der Waals surface area contributed by atoms with Gasteiger partial charge in [-0.15, -0.1) is 0 Å². The molecule has 4 heteroatoms. The van der Waals surface area contributed by atoms with Gasteiger partial charge < -0.3 is 20.1 Å². The fourth-order valence-corrected chi connectivity index (χ4v) is 2.20. The summed E-state index contributed by atoms with van der Waals surface area (Å²) >= 11 is 0. The van der Waals surface area contributed by atoms with Crippen LogP contribution in [0.25, 0.3) is 0 Å². The topological polar surface area (TPSA) is 47.7 Å². The van der Waals surface area contributed by atoms with Crippen LogP contribution in [0.5, 0.6) is 11.5 Å². The molecule has 0 radical (unpaired) electrons. The van der Waals surface area contributed by atoms with Crippen LogP contribution in [-0.2, 0) is 0 Å². The molecule has 0 aliphatic rings. The molecule has 0 spiro atoms. The molecule has 0 saturated carbocycles. The summed E-state index contributed by atoms with van der Waals surface area (Å²) in [5.74, 6) is 1.68. The summed E-state index contributed by atoms with van der Waals surface area (Å²) in [6, 6.07) is 15.8. The van der Waals surface area contributed by atoms with E-state index in [0.29, 0.717) is 0 Å². The highest BCUT2D eigenvalue weighted by molar-refractivity contribution is 5.50. The van der Waals surface area contributed by atoms with Crippen molar-refractivity contribution in [2.24, 2.45) is 5.73 Å². The monoisotopic (exact) mass is 286 g/mol. The fraction of sp³-hybridized carbons (Fsp3) is 0.294. The summed E-state index contributed by atoms with van der Waals surface area (Å²) in [6.07, 6.45) is 0. The zero-order chi connectivity index (χ0) is 15.2. The van der Waals surface area contributed by atoms with Gasteiger partial charge in [0.25, 0.3) is 0 Å². The number of ether oxygens (including phenoxy) is 2. The molecule has 2 aromatic carbocycles. The number of rotatable bonds is 6. The lowest BCUT2D eigenvalue weighted by atomic mass is 10.1. The van der Waals surface area contributed by atoms with E-state index in [-0.39, 0.29) is 6.04 Å². The van der Waals surface area contributed by atoms with Crippen LogP contribution in [-0.4, -0.2) is 27.8 Å². The Hall–Kier alpha value is -2.20. The van der Waals surface area contributed by atoms with Crippen molar-refractivity contribution in [3.8, 4) is 11.5 Å². The quantitative estimate of drug-likeness (QED) is 0.887. The van der Waals surface area contributed by atoms with Gasteiger partial charge in [0.1, 0.15) is 11.5 Å². The van der Waals surface area contributed by atoms with E-state index in [9.17, 15) is 0 Å². The number of likely N-dealkylation sites (N-methyl/N-ethyl adjacent to an activating group) is 1. The van der Waals surface area contributed by atoms with Gasteiger partial charge in [-0.1, -0.05) is 18.2 Å². The minimum atomic E-state index is -0.0629. The molecular weight excluding hydrogens is 264 g/mol. The van der Waals surface area contributed by atoms with Crippen molar-refractivity contribution in [1.29, 1.82) is 0 Å². The first-order valence-corrected chi connectivity index (χ1v) is 6.88. The molecule has 0 heterocycles. The first-order chi connectivity index (χ1) is 10.1. The van der Waals surface area contributed by atoms with Gasteiger partial charge in [-0.25, -0.2) is 0 Å². The minimum Gasteiger partial charge on any atom is -0.497 e. The highest BCUT2D eigenvalue weighted by Gasteiger charge is 2.10. The maximum Gasteiger partial charge on any atom is 0.120 e. The molecule has 1 unspecified atom stereocenters. The van der Waals surface area contributed by atoms with Gasteiger partial charge in [-0.2, -0.15) is 0 Å². The van der Waals surface area contributed by atoms with Crippen molar-refractivity contribution in [3.63, 3.8) is 0 Å². The Bertz CT molecular complexity index is 569. The van der Waals surface area contributed by atoms with Crippen LogP contribution in [0.3, 0.4) is 0 Å². The normalized spacial score (nSPS) is 11.8. The third kappa shape index (κ3) is 3.89. The molecule has 1 atom stereocenters. The van der Waals surface area contributed by atoms with Crippen molar-refractivity contribution in [2.45, 2.75) is 6.04 Å². The van der Waals surface area contributed by atoms with Crippen LogP contribution in [0.15, 0.2) is 48.5 Å². The summed E-state index contributed by atoms with van der Waals surface area (Å²) < 4.78 is 10.4. The van der Waals surface area contributed by atoms with E-state index in [1.165, 1.54) is 0 Å². The van der Waals surface area contributed by atoms with Crippen LogP contribution < -0.4 is 20.1 Å². The first-order valence-electron chi connectivity index (χ1n) is 6.88. The molecule has 21 heavy (non-hydrogen) atoms. The average Bonchev–Trinajstić information content (AvgIpc) is 2.54. The van der Waals surface area contributed by atoms with Crippen LogP contribution in [0, 0.1) is 0 Å². The second-order valence-electron chi connectivity index (χ2n) is 4.96. The van der Waals surface area contributed by atoms with E-state index >= 15 is 0 Å². The summed E-state index contributed by atoms with van der Waals surface area (Å²) in [6.45, 7) is 0.722. The molecule has 0 fully saturated rings. The maximum atomic E-state index is 6.28. The third-order valence-corrected chi connectivity index (χ3v) is 3.51. The third-order valence-electron chi connectivity index (χ3n) is 3.51. The van der Waals surface area contributed by atoms with Gasteiger partial charge in [0, 0.05) is 31.4 Å². The summed E-state index contributed by atoms with van der Waals surface area (Å²) in [5, 5.41) is 0. The molecule has 0 aliphatic carbocycles. The van der Waals surface area contributed by atoms with E-state index in [4.69, 9.17) is 15.2 Å². The smallest absolute Gasteiger partial charge is 0.120 e. The predicted octanol–water partition coefficient (Wildman–Crippen LogP) is 2.84. The lowest BCUT2D eigenvalue weighted by Crippen LogP contribution is -2.28. The lowest BCUT2D eigenvalue weighted by molar-refractivity contribution is 0.414. The van der Waals surface area contributed by atoms with E-state index in [1.807, 2.05) is 55.6 Å². The Balaban J connectivity index is 2.04. The number of methoxy groups -OCH3 is 2. The molecule has 0 amide bonds. The van der Waals surface area contributed by atoms with Gasteiger partial charge in [0.15, 0.2) is 0 Å². The number of hydrogen-bond donors (Lipinski definition) is 1. The van der Waals surface area contributed by atoms with Crippen molar-refractivity contribution >= 4 is 5.69 Å². The lowest BCUT2D eigenvalue weighted by Gasteiger charge is -2.24. The average molecular weight is 286 g/mol. The first kappa shape index (κ1) is 15.2. The maximum absolute atomic E-state index is 6.28. The second-order valence-corrected chi connectivity index (χ2v) is 4.96. The molecule has 2 aromatic rings. The van der Waals surface area contributed by atoms with Crippen LogP contribution in [0.2, 0.25) is 0 Å². The highest BCUT2D eigenvalue weighted by Crippen LogP contribution is 2.22. The van der Waals surface area contributed by atoms with Crippen LogP contribution in [0.4, 0.5) is 5.69 Å². The molecule has 2 N–H and O–H groups in total. The van der Waals surface area contributed by atoms with Crippen molar-refractivity contribution in [2.75, 3.05) is 32.7 Å². The number of benzene rings is 2. The van der Waals surface area contributed by atoms with Gasteiger partial charge in [-0.05, 0) is 29.8 Å². The van der Waals surface area contributed by atoms with Gasteiger partial charge >= 0.3 is 0 Å². The molecule has 2 rings (SSSR count). The summed E-state index contributed by atoms with van der Waals surface area (Å²) in [5.41, 5.74) is 8.45. The Kier molecular flexibility index (Phi) is 5.06. The Labute approximate surface area is 126 Å². The molecule has 0 saturated heterocycles. The van der Waals surface area contributed by atoms with E-state index < -0.39 is 0 Å². The molecule has 4 nitrogen and oxygen atoms in total. The number of hydrogen-bond acceptors (Lipinski definition) is 4. The minimum absolute atomic E-state index is 0.0629. The summed E-state index contributed by atoms with van der Waals surface area (Å²) in [7, 11) is 5.35. The van der Waals surface area contributed by atoms with E-state index in [1.54, 1.807) is 14.2 Å². The van der Waals surface area contributed by atoms with Crippen molar-refractivity contribution in [3.05, 3.63) is 54.1 Å². The van der Waals surface area contributed by atoms with Gasteiger partial charge in [-0.3, -0.25) is 0 Å². The number of nitrogens with two attached hydrogens (primary N) is 1. The van der Waals surface area contributed by atoms with Crippen molar-refractivity contribution < 1.29 is 9.47 Å². The molecule has 0 aromatic heterocycles. The van der Waals surface area contributed by atoms with Gasteiger partial charge in [0.2, 0.25) is 0 Å². The van der Waals surface area contributed by atoms with Crippen molar-refractivity contribution in [1.82, 2.24) is 0 Å². The number of nitrogens with zero attached hydrogens (tertiary/aromatic N) is 1. The zero-order valence-corrected chi connectivity index (χ0v) is 12.7. The largest absolute Gasteiger partial charge is 0.497 e. The summed E-state index contributed by atoms with van der Waals surface area (Å²) in [4.78, 5) is 2.12. The SMILES string of the molecule is COc1ccc(C(N)CN(C)c2cccc(OC)c2)cc1. The molecular formula is C17H22N2O2. The van der Waals surface area contributed by atoms with Gasteiger partial charge in [0.05, 0.1) is 14.2 Å². The molecule has 112 valence electrons. The van der Waals surface area contributed by atoms with Crippen LogP contribution in [0.1, 0.15) is 11.6 Å². The highest BCUT2D eigenvalue weighted by atomic mass is 16.5. The molecule has 0 aliphatic heterocycles. The van der Waals surface area contributed by atoms with E-state index in [2.05, 4.69) is 4.90 Å².